The summed E-state index contributed by atoms with van der Waals surface area (Å²) in [5.74, 6) is 1.36. The quantitative estimate of drug-likeness (QED) is 0.819. The van der Waals surface area contributed by atoms with Crippen LogP contribution in [0.1, 0.15) is 32.2 Å². The molecule has 2 N–H and O–H groups in total. The number of rotatable bonds is 2. The van der Waals surface area contributed by atoms with Gasteiger partial charge in [-0.2, -0.15) is 5.10 Å². The third-order valence-corrected chi connectivity index (χ3v) is 2.64. The molecule has 2 rings (SSSR count). The summed E-state index contributed by atoms with van der Waals surface area (Å²) in [6, 6.07) is 3.78. The van der Waals surface area contributed by atoms with Crippen molar-refractivity contribution in [3.63, 3.8) is 0 Å². The summed E-state index contributed by atoms with van der Waals surface area (Å²) in [4.78, 5) is 8.10. The highest BCUT2D eigenvalue weighted by molar-refractivity contribution is 6.28. The highest BCUT2D eigenvalue weighted by atomic mass is 35.5. The second-order valence-electron chi connectivity index (χ2n) is 5.21. The summed E-state index contributed by atoms with van der Waals surface area (Å²) in [5.41, 5.74) is 1.90. The van der Waals surface area contributed by atoms with E-state index in [1.165, 1.54) is 0 Å². The van der Waals surface area contributed by atoms with Gasteiger partial charge in [-0.15, -0.1) is 0 Å². The molecule has 0 fully saturated rings. The van der Waals surface area contributed by atoms with E-state index < -0.39 is 0 Å². The predicted octanol–water partition coefficient (Wildman–Crippen LogP) is 3.20. The second kappa shape index (κ2) is 4.57. The maximum Gasteiger partial charge on any atom is 0.224 e. The molecule has 5 nitrogen and oxygen atoms in total. The molecular formula is C12H16ClN5. The molecule has 0 aliphatic rings. The summed E-state index contributed by atoms with van der Waals surface area (Å²) in [7, 11) is 0. The Balaban J connectivity index is 2.21. The number of aryl methyl sites for hydroxylation is 1. The first kappa shape index (κ1) is 12.8. The van der Waals surface area contributed by atoms with Crippen LogP contribution in [0.2, 0.25) is 5.28 Å². The number of hydrogen-bond donors (Lipinski definition) is 2. The number of anilines is 2. The fraction of sp³-hybridized carbons (Fsp3) is 0.417. The molecule has 0 unspecified atom stereocenters. The van der Waals surface area contributed by atoms with Gasteiger partial charge in [0, 0.05) is 28.9 Å². The molecule has 6 heteroatoms. The summed E-state index contributed by atoms with van der Waals surface area (Å²) < 4.78 is 0. The normalized spacial score (nSPS) is 11.6. The average molecular weight is 266 g/mol. The Kier molecular flexibility index (Phi) is 3.26. The standard InChI is InChI=1S/C12H16ClN5/c1-7-5-9(16-11(13)14-7)15-10-6-8(17-18-10)12(2,3)4/h5-6H,1-4H3,(H2,14,15,16,17,18). The first-order valence-electron chi connectivity index (χ1n) is 5.69. The van der Waals surface area contributed by atoms with Gasteiger partial charge in [0.2, 0.25) is 5.28 Å². The van der Waals surface area contributed by atoms with Crippen LogP contribution in [-0.2, 0) is 5.41 Å². The van der Waals surface area contributed by atoms with Crippen LogP contribution < -0.4 is 5.32 Å². The van der Waals surface area contributed by atoms with E-state index in [9.17, 15) is 0 Å². The molecule has 0 aliphatic carbocycles. The van der Waals surface area contributed by atoms with Crippen LogP contribution in [-0.4, -0.2) is 20.2 Å². The average Bonchev–Trinajstić information content (AvgIpc) is 2.63. The molecule has 0 aliphatic heterocycles. The SMILES string of the molecule is Cc1cc(Nc2cc(C(C)(C)C)[nH]n2)nc(Cl)n1. The number of aromatic amines is 1. The molecular weight excluding hydrogens is 250 g/mol. The van der Waals surface area contributed by atoms with Crippen molar-refractivity contribution in [1.82, 2.24) is 20.2 Å². The molecule has 0 amide bonds. The van der Waals surface area contributed by atoms with E-state index in [1.54, 1.807) is 0 Å². The van der Waals surface area contributed by atoms with E-state index >= 15 is 0 Å². The Bertz CT molecular complexity index is 536. The highest BCUT2D eigenvalue weighted by Crippen LogP contribution is 2.23. The summed E-state index contributed by atoms with van der Waals surface area (Å²) in [5, 5.41) is 10.5. The van der Waals surface area contributed by atoms with Crippen molar-refractivity contribution in [2.75, 3.05) is 5.32 Å². The van der Waals surface area contributed by atoms with Crippen molar-refractivity contribution in [2.45, 2.75) is 33.1 Å². The lowest BCUT2D eigenvalue weighted by Crippen LogP contribution is -2.11. The monoisotopic (exact) mass is 265 g/mol. The van der Waals surface area contributed by atoms with Crippen molar-refractivity contribution < 1.29 is 0 Å². The summed E-state index contributed by atoms with van der Waals surface area (Å²) in [6.07, 6.45) is 0. The zero-order chi connectivity index (χ0) is 13.3. The van der Waals surface area contributed by atoms with Crippen molar-refractivity contribution in [3.8, 4) is 0 Å². The highest BCUT2D eigenvalue weighted by Gasteiger charge is 2.16. The number of aromatic nitrogens is 4. The predicted molar refractivity (Wildman–Crippen MR) is 72.3 cm³/mol. The molecule has 2 heterocycles. The van der Waals surface area contributed by atoms with Crippen LogP contribution in [0.25, 0.3) is 0 Å². The van der Waals surface area contributed by atoms with Gasteiger partial charge in [0.15, 0.2) is 5.82 Å². The lowest BCUT2D eigenvalue weighted by molar-refractivity contribution is 0.567. The van der Waals surface area contributed by atoms with Crippen molar-refractivity contribution in [3.05, 3.63) is 28.8 Å². The fourth-order valence-electron chi connectivity index (χ4n) is 1.50. The summed E-state index contributed by atoms with van der Waals surface area (Å²) in [6.45, 7) is 8.23. The van der Waals surface area contributed by atoms with Gasteiger partial charge in [0.25, 0.3) is 0 Å². The van der Waals surface area contributed by atoms with Crippen molar-refractivity contribution >= 4 is 23.2 Å². The molecule has 96 valence electrons. The minimum atomic E-state index is 0.0339. The first-order valence-corrected chi connectivity index (χ1v) is 6.06. The van der Waals surface area contributed by atoms with Crippen LogP contribution in [0.5, 0.6) is 0 Å². The van der Waals surface area contributed by atoms with E-state index in [-0.39, 0.29) is 10.7 Å². The zero-order valence-electron chi connectivity index (χ0n) is 10.9. The second-order valence-corrected chi connectivity index (χ2v) is 5.54. The van der Waals surface area contributed by atoms with E-state index in [4.69, 9.17) is 11.6 Å². The van der Waals surface area contributed by atoms with Gasteiger partial charge in [0.1, 0.15) is 5.82 Å². The number of nitrogens with zero attached hydrogens (tertiary/aromatic N) is 3. The van der Waals surface area contributed by atoms with Gasteiger partial charge in [0.05, 0.1) is 0 Å². The Morgan fingerprint density at radius 1 is 1.17 bits per heavy atom. The van der Waals surface area contributed by atoms with Crippen molar-refractivity contribution in [2.24, 2.45) is 0 Å². The number of H-pyrrole nitrogens is 1. The molecule has 18 heavy (non-hydrogen) atoms. The minimum Gasteiger partial charge on any atom is -0.323 e. The van der Waals surface area contributed by atoms with Gasteiger partial charge in [-0.25, -0.2) is 9.97 Å². The molecule has 0 saturated heterocycles. The van der Waals surface area contributed by atoms with Crippen molar-refractivity contribution in [1.29, 1.82) is 0 Å². The van der Waals surface area contributed by atoms with Gasteiger partial charge in [-0.1, -0.05) is 20.8 Å². The topological polar surface area (TPSA) is 66.5 Å². The van der Waals surface area contributed by atoms with Crippen LogP contribution in [0.4, 0.5) is 11.6 Å². The molecule has 0 radical (unpaired) electrons. The third-order valence-electron chi connectivity index (χ3n) is 2.47. The Labute approximate surface area is 111 Å². The third kappa shape index (κ3) is 2.98. The van der Waals surface area contributed by atoms with Gasteiger partial charge >= 0.3 is 0 Å². The number of nitrogens with one attached hydrogen (secondary N) is 2. The smallest absolute Gasteiger partial charge is 0.224 e. The first-order chi connectivity index (χ1) is 8.34. The molecule has 0 atom stereocenters. The summed E-state index contributed by atoms with van der Waals surface area (Å²) >= 11 is 5.80. The van der Waals surface area contributed by atoms with Crippen LogP contribution in [0.3, 0.4) is 0 Å². The van der Waals surface area contributed by atoms with E-state index in [0.29, 0.717) is 11.6 Å². The Morgan fingerprint density at radius 3 is 2.44 bits per heavy atom. The Morgan fingerprint density at radius 2 is 1.89 bits per heavy atom. The largest absolute Gasteiger partial charge is 0.323 e. The lowest BCUT2D eigenvalue weighted by Gasteiger charge is -2.14. The Hall–Kier alpha value is -1.62. The van der Waals surface area contributed by atoms with E-state index in [2.05, 4.69) is 46.3 Å². The van der Waals surface area contributed by atoms with E-state index in [1.807, 2.05) is 19.1 Å². The molecule has 2 aromatic heterocycles. The molecule has 0 aromatic carbocycles. The number of halogens is 1. The maximum atomic E-state index is 5.80. The fourth-order valence-corrected chi connectivity index (χ4v) is 1.72. The molecule has 0 spiro atoms. The molecule has 0 bridgehead atoms. The zero-order valence-corrected chi connectivity index (χ0v) is 11.6. The van der Waals surface area contributed by atoms with Gasteiger partial charge in [-0.05, 0) is 18.5 Å². The van der Waals surface area contributed by atoms with Gasteiger partial charge < -0.3 is 5.32 Å². The van der Waals surface area contributed by atoms with Crippen LogP contribution >= 0.6 is 11.6 Å². The van der Waals surface area contributed by atoms with Crippen LogP contribution in [0, 0.1) is 6.92 Å². The molecule has 2 aromatic rings. The lowest BCUT2D eigenvalue weighted by atomic mass is 9.92. The van der Waals surface area contributed by atoms with E-state index in [0.717, 1.165) is 11.4 Å². The minimum absolute atomic E-state index is 0.0339. The number of hydrogen-bond acceptors (Lipinski definition) is 4. The van der Waals surface area contributed by atoms with Gasteiger partial charge in [-0.3, -0.25) is 5.10 Å². The molecule has 0 saturated carbocycles. The van der Waals surface area contributed by atoms with Crippen LogP contribution in [0.15, 0.2) is 12.1 Å². The maximum absolute atomic E-state index is 5.80.